The fourth-order valence-electron chi connectivity index (χ4n) is 3.78. The van der Waals surface area contributed by atoms with E-state index in [4.69, 9.17) is 0 Å². The van der Waals surface area contributed by atoms with Crippen molar-refractivity contribution in [3.05, 3.63) is 71.4 Å². The fourth-order valence-corrected chi connectivity index (χ4v) is 3.78. The van der Waals surface area contributed by atoms with Gasteiger partial charge in [0.15, 0.2) is 0 Å². The standard InChI is InChI=1S/C23H23N3O2/c1-15-9-10-18(12-16(15)2)21-8-5-11-26(21)23(28)22(27)25-19-13-17-6-3-4-7-20(17)24-14-19/h3-4,6-7,9-10,12-14,21H,5,8,11H2,1-2H3,(H,25,27)/t21-/m1/s1. The lowest BCUT2D eigenvalue weighted by atomic mass is 9.99. The molecule has 0 spiro atoms. The lowest BCUT2D eigenvalue weighted by Crippen LogP contribution is -2.39. The molecule has 4 rings (SSSR count). The Morgan fingerprint density at radius 1 is 1.07 bits per heavy atom. The van der Waals surface area contributed by atoms with E-state index >= 15 is 0 Å². The normalized spacial score (nSPS) is 16.4. The number of carbonyl (C=O) groups is 2. The Morgan fingerprint density at radius 2 is 1.89 bits per heavy atom. The van der Waals surface area contributed by atoms with Crippen LogP contribution in [0.3, 0.4) is 0 Å². The predicted molar refractivity (Wildman–Crippen MR) is 110 cm³/mol. The van der Waals surface area contributed by atoms with Crippen LogP contribution < -0.4 is 5.32 Å². The Labute approximate surface area is 164 Å². The SMILES string of the molecule is Cc1ccc([C@H]2CCCN2C(=O)C(=O)Nc2cnc3ccccc3c2)cc1C. The van der Waals surface area contributed by atoms with Gasteiger partial charge in [-0.2, -0.15) is 0 Å². The molecule has 1 N–H and O–H groups in total. The maximum absolute atomic E-state index is 12.8. The average molecular weight is 373 g/mol. The number of rotatable bonds is 2. The van der Waals surface area contributed by atoms with Crippen molar-refractivity contribution >= 4 is 28.4 Å². The molecular weight excluding hydrogens is 350 g/mol. The Bertz CT molecular complexity index is 1060. The maximum atomic E-state index is 12.8. The quantitative estimate of drug-likeness (QED) is 0.686. The summed E-state index contributed by atoms with van der Waals surface area (Å²) < 4.78 is 0. The highest BCUT2D eigenvalue weighted by Gasteiger charge is 2.33. The molecule has 1 aliphatic heterocycles. The number of hydrogen-bond donors (Lipinski definition) is 1. The third kappa shape index (κ3) is 3.48. The summed E-state index contributed by atoms with van der Waals surface area (Å²) >= 11 is 0. The van der Waals surface area contributed by atoms with Crippen molar-refractivity contribution < 1.29 is 9.59 Å². The predicted octanol–water partition coefficient (Wildman–Crippen LogP) is 4.15. The van der Waals surface area contributed by atoms with Crippen LogP contribution in [0, 0.1) is 13.8 Å². The number of anilines is 1. The summed E-state index contributed by atoms with van der Waals surface area (Å²) in [6.07, 6.45) is 3.35. The molecule has 1 fully saturated rings. The van der Waals surface area contributed by atoms with Gasteiger partial charge in [-0.1, -0.05) is 36.4 Å². The van der Waals surface area contributed by atoms with Crippen LogP contribution in [0.5, 0.6) is 0 Å². The van der Waals surface area contributed by atoms with Crippen molar-refractivity contribution in [2.75, 3.05) is 11.9 Å². The molecule has 0 saturated carbocycles. The van der Waals surface area contributed by atoms with Crippen LogP contribution in [0.1, 0.15) is 35.6 Å². The lowest BCUT2D eigenvalue weighted by molar-refractivity contribution is -0.143. The molecule has 1 atom stereocenters. The topological polar surface area (TPSA) is 62.3 Å². The van der Waals surface area contributed by atoms with Gasteiger partial charge in [0.05, 0.1) is 23.4 Å². The molecule has 142 valence electrons. The number of nitrogens with zero attached hydrogens (tertiary/aromatic N) is 2. The minimum atomic E-state index is -0.618. The first kappa shape index (κ1) is 18.2. The smallest absolute Gasteiger partial charge is 0.313 e. The number of nitrogens with one attached hydrogen (secondary N) is 1. The van der Waals surface area contributed by atoms with Crippen molar-refractivity contribution in [2.45, 2.75) is 32.7 Å². The highest BCUT2D eigenvalue weighted by molar-refractivity contribution is 6.39. The number of fused-ring (bicyclic) bond motifs is 1. The molecule has 5 heteroatoms. The molecule has 1 saturated heterocycles. The first-order valence-corrected chi connectivity index (χ1v) is 9.57. The van der Waals surface area contributed by atoms with Gasteiger partial charge in [-0.15, -0.1) is 0 Å². The number of carbonyl (C=O) groups excluding carboxylic acids is 2. The third-order valence-corrected chi connectivity index (χ3v) is 5.47. The molecule has 0 unspecified atom stereocenters. The molecule has 2 aromatic carbocycles. The van der Waals surface area contributed by atoms with Crippen LogP contribution in [0.15, 0.2) is 54.7 Å². The maximum Gasteiger partial charge on any atom is 0.313 e. The number of pyridine rings is 1. The van der Waals surface area contributed by atoms with E-state index in [1.165, 1.54) is 11.1 Å². The fraction of sp³-hybridized carbons (Fsp3) is 0.261. The molecule has 1 aliphatic rings. The van der Waals surface area contributed by atoms with Crippen LogP contribution in [0.25, 0.3) is 10.9 Å². The van der Waals surface area contributed by atoms with Gasteiger partial charge in [0.25, 0.3) is 0 Å². The van der Waals surface area contributed by atoms with Gasteiger partial charge in [0, 0.05) is 11.9 Å². The molecule has 3 aromatic rings. The Balaban J connectivity index is 1.51. The minimum absolute atomic E-state index is 0.0488. The summed E-state index contributed by atoms with van der Waals surface area (Å²) in [5.74, 6) is -1.11. The van der Waals surface area contributed by atoms with Crippen LogP contribution in [-0.2, 0) is 9.59 Å². The van der Waals surface area contributed by atoms with Gasteiger partial charge in [-0.3, -0.25) is 14.6 Å². The highest BCUT2D eigenvalue weighted by Crippen LogP contribution is 2.33. The number of hydrogen-bond acceptors (Lipinski definition) is 3. The largest absolute Gasteiger partial charge is 0.327 e. The molecule has 0 bridgehead atoms. The van der Waals surface area contributed by atoms with Gasteiger partial charge in [0.2, 0.25) is 0 Å². The van der Waals surface area contributed by atoms with Crippen molar-refractivity contribution in [1.29, 1.82) is 0 Å². The van der Waals surface area contributed by atoms with Crippen LogP contribution in [0.2, 0.25) is 0 Å². The second-order valence-corrected chi connectivity index (χ2v) is 7.37. The summed E-state index contributed by atoms with van der Waals surface area (Å²) in [6.45, 7) is 4.74. The minimum Gasteiger partial charge on any atom is -0.327 e. The molecule has 2 amide bonds. The second kappa shape index (κ2) is 7.43. The zero-order valence-corrected chi connectivity index (χ0v) is 16.1. The number of aromatic nitrogens is 1. The van der Waals surface area contributed by atoms with Crippen molar-refractivity contribution in [1.82, 2.24) is 9.88 Å². The Hall–Kier alpha value is -3.21. The van der Waals surface area contributed by atoms with Gasteiger partial charge in [-0.05, 0) is 55.5 Å². The number of aryl methyl sites for hydroxylation is 2. The molecule has 1 aromatic heterocycles. The number of benzene rings is 2. The van der Waals surface area contributed by atoms with Gasteiger partial charge >= 0.3 is 11.8 Å². The van der Waals surface area contributed by atoms with Gasteiger partial charge < -0.3 is 10.2 Å². The highest BCUT2D eigenvalue weighted by atomic mass is 16.2. The van der Waals surface area contributed by atoms with Crippen LogP contribution in [0.4, 0.5) is 5.69 Å². The number of para-hydroxylation sites is 1. The van der Waals surface area contributed by atoms with Crippen molar-refractivity contribution in [3.63, 3.8) is 0 Å². The summed E-state index contributed by atoms with van der Waals surface area (Å²) in [7, 11) is 0. The molecule has 28 heavy (non-hydrogen) atoms. The summed E-state index contributed by atoms with van der Waals surface area (Å²) in [4.78, 5) is 31.5. The zero-order valence-electron chi connectivity index (χ0n) is 16.1. The Morgan fingerprint density at radius 3 is 2.71 bits per heavy atom. The van der Waals surface area contributed by atoms with E-state index in [1.54, 1.807) is 11.1 Å². The monoisotopic (exact) mass is 373 g/mol. The van der Waals surface area contributed by atoms with E-state index < -0.39 is 11.8 Å². The zero-order chi connectivity index (χ0) is 19.7. The third-order valence-electron chi connectivity index (χ3n) is 5.47. The molecule has 2 heterocycles. The van der Waals surface area contributed by atoms with Crippen molar-refractivity contribution in [2.24, 2.45) is 0 Å². The van der Waals surface area contributed by atoms with Gasteiger partial charge in [-0.25, -0.2) is 0 Å². The summed E-state index contributed by atoms with van der Waals surface area (Å²) in [5, 5.41) is 3.63. The lowest BCUT2D eigenvalue weighted by Gasteiger charge is -2.25. The van der Waals surface area contributed by atoms with Crippen LogP contribution in [-0.4, -0.2) is 28.2 Å². The summed E-state index contributed by atoms with van der Waals surface area (Å²) in [5.41, 5.74) is 4.89. The summed E-state index contributed by atoms with van der Waals surface area (Å²) in [6, 6.07) is 15.7. The second-order valence-electron chi connectivity index (χ2n) is 7.37. The molecule has 0 aliphatic carbocycles. The average Bonchev–Trinajstić information content (AvgIpc) is 3.19. The van der Waals surface area contributed by atoms with E-state index in [0.717, 1.165) is 29.3 Å². The first-order valence-electron chi connectivity index (χ1n) is 9.57. The van der Waals surface area contributed by atoms with E-state index in [-0.39, 0.29) is 6.04 Å². The molecule has 0 radical (unpaired) electrons. The Kier molecular flexibility index (Phi) is 4.82. The number of likely N-dealkylation sites (tertiary alicyclic amines) is 1. The van der Waals surface area contributed by atoms with Crippen molar-refractivity contribution in [3.8, 4) is 0 Å². The van der Waals surface area contributed by atoms with Crippen LogP contribution >= 0.6 is 0 Å². The van der Waals surface area contributed by atoms with E-state index in [2.05, 4.69) is 42.3 Å². The van der Waals surface area contributed by atoms with E-state index in [9.17, 15) is 9.59 Å². The first-order chi connectivity index (χ1) is 13.5. The van der Waals surface area contributed by atoms with Gasteiger partial charge in [0.1, 0.15) is 0 Å². The molecule has 5 nitrogen and oxygen atoms in total. The molecular formula is C23H23N3O2. The van der Waals surface area contributed by atoms with E-state index in [1.807, 2.05) is 30.3 Å². The van der Waals surface area contributed by atoms with E-state index in [0.29, 0.717) is 12.2 Å². The number of amides is 2.